The first-order valence-electron chi connectivity index (χ1n) is 19.1. The van der Waals surface area contributed by atoms with E-state index in [0.717, 1.165) is 25.7 Å². The number of nitrogens with zero attached hydrogens (tertiary/aromatic N) is 2. The van der Waals surface area contributed by atoms with Gasteiger partial charge in [0.25, 0.3) is 17.5 Å². The fourth-order valence-corrected chi connectivity index (χ4v) is 7.68. The Morgan fingerprint density at radius 3 is 1.98 bits per heavy atom. The molecule has 61 heavy (non-hydrogen) atoms. The highest BCUT2D eigenvalue weighted by Gasteiger charge is 2.60. The molecule has 0 unspecified atom stereocenters. The van der Waals surface area contributed by atoms with Gasteiger partial charge >= 0.3 is 17.9 Å². The summed E-state index contributed by atoms with van der Waals surface area (Å²) in [6, 6.07) is 16.9. The third kappa shape index (κ3) is 9.22. The molecule has 0 saturated carbocycles. The Kier molecular flexibility index (Phi) is 12.7. The van der Waals surface area contributed by atoms with Crippen LogP contribution in [0.4, 0.5) is 5.69 Å². The van der Waals surface area contributed by atoms with E-state index in [-0.39, 0.29) is 29.2 Å². The minimum absolute atomic E-state index is 0.0104. The summed E-state index contributed by atoms with van der Waals surface area (Å²) in [6.45, 7) is 3.78. The maximum atomic E-state index is 14.3. The standard InChI is InChI=1S/C41H41N3O17/c1-20(45)42-31-35(33-30(19-54-39(60-33)24-10-6-5-7-11-24)58-40(31)57-26-16-14-25(15-17-26)44(51)52)61-41-32(43-37(49)27-12-8-9-13-28(27)38(43)50)36(56-23(4)48)34(55-22(3)47)29(59-41)18-53-21(2)46/h5-17,29-36,39-41H,18-19H2,1-4H3,(H,42,45)/t29-,30-,31-,32-,33+,34-,35-,36-,39+,40+,41+/m1/s1. The van der Waals surface area contributed by atoms with Crippen LogP contribution >= 0.6 is 0 Å². The molecule has 3 fully saturated rings. The second kappa shape index (κ2) is 18.1. The largest absolute Gasteiger partial charge is 0.463 e. The van der Waals surface area contributed by atoms with Crippen LogP contribution in [-0.2, 0) is 57.1 Å². The molecule has 4 heterocycles. The Bertz CT molecular complexity index is 2130. The summed E-state index contributed by atoms with van der Waals surface area (Å²) in [5.41, 5.74) is 0.412. The van der Waals surface area contributed by atoms with E-state index in [1.165, 1.54) is 43.3 Å². The van der Waals surface area contributed by atoms with Crippen LogP contribution < -0.4 is 10.1 Å². The number of rotatable bonds is 12. The average molecular weight is 848 g/mol. The van der Waals surface area contributed by atoms with Gasteiger partial charge in [-0.25, -0.2) is 0 Å². The molecule has 0 bridgehead atoms. The first-order valence-corrected chi connectivity index (χ1v) is 19.1. The number of amides is 3. The van der Waals surface area contributed by atoms with E-state index in [1.807, 2.05) is 0 Å². The Hall–Kier alpha value is -6.32. The lowest BCUT2D eigenvalue weighted by Gasteiger charge is -2.52. The van der Waals surface area contributed by atoms with Crippen LogP contribution in [0, 0.1) is 10.1 Å². The van der Waals surface area contributed by atoms with Crippen molar-refractivity contribution in [2.75, 3.05) is 13.2 Å². The first-order chi connectivity index (χ1) is 29.2. The number of nitro benzene ring substituents is 1. The molecule has 0 aromatic heterocycles. The lowest BCUT2D eigenvalue weighted by Crippen LogP contribution is -2.72. The maximum Gasteiger partial charge on any atom is 0.303 e. The number of nitrogens with one attached hydrogen (secondary N) is 1. The predicted octanol–water partition coefficient (Wildman–Crippen LogP) is 2.52. The topological polar surface area (TPSA) is 244 Å². The van der Waals surface area contributed by atoms with E-state index in [4.69, 9.17) is 42.6 Å². The molecule has 0 radical (unpaired) electrons. The number of hydrogen-bond donors (Lipinski definition) is 1. The van der Waals surface area contributed by atoms with E-state index in [1.54, 1.807) is 42.5 Å². The molecule has 3 amide bonds. The second-order valence-electron chi connectivity index (χ2n) is 14.4. The van der Waals surface area contributed by atoms with Crippen LogP contribution in [0.2, 0.25) is 0 Å². The van der Waals surface area contributed by atoms with Gasteiger partial charge in [0.1, 0.15) is 48.9 Å². The fraction of sp³-hybridized carbons (Fsp3) is 0.415. The molecular formula is C41H41N3O17. The van der Waals surface area contributed by atoms with Gasteiger partial charge in [0.15, 0.2) is 24.8 Å². The zero-order valence-corrected chi connectivity index (χ0v) is 33.1. The van der Waals surface area contributed by atoms with Gasteiger partial charge in [0.2, 0.25) is 12.2 Å². The third-order valence-electron chi connectivity index (χ3n) is 10.2. The maximum absolute atomic E-state index is 14.3. The minimum atomic E-state index is -1.82. The normalized spacial score (nSPS) is 29.4. The van der Waals surface area contributed by atoms with Gasteiger partial charge in [0.05, 0.1) is 22.7 Å². The molecule has 4 aliphatic heterocycles. The summed E-state index contributed by atoms with van der Waals surface area (Å²) < 4.78 is 55.2. The molecule has 20 nitrogen and oxygen atoms in total. The number of carbonyl (C=O) groups is 6. The van der Waals surface area contributed by atoms with Gasteiger partial charge in [-0.3, -0.25) is 43.8 Å². The molecule has 3 aromatic rings. The van der Waals surface area contributed by atoms with Crippen LogP contribution in [0.1, 0.15) is 60.3 Å². The number of carbonyl (C=O) groups excluding carboxylic acids is 6. The second-order valence-corrected chi connectivity index (χ2v) is 14.4. The van der Waals surface area contributed by atoms with Crippen LogP contribution in [0.15, 0.2) is 78.9 Å². The molecule has 3 aromatic carbocycles. The number of ether oxygens (including phenoxy) is 9. The Labute approximate surface area is 347 Å². The summed E-state index contributed by atoms with van der Waals surface area (Å²) in [5, 5.41) is 14.2. The Morgan fingerprint density at radius 1 is 0.770 bits per heavy atom. The average Bonchev–Trinajstić information content (AvgIpc) is 3.47. The third-order valence-corrected chi connectivity index (χ3v) is 10.2. The lowest BCUT2D eigenvalue weighted by atomic mass is 9.92. The van der Waals surface area contributed by atoms with Gasteiger partial charge in [-0.1, -0.05) is 42.5 Å². The number of esters is 3. The fourth-order valence-electron chi connectivity index (χ4n) is 7.68. The molecule has 11 atom stereocenters. The van der Waals surface area contributed by atoms with Gasteiger partial charge in [-0.2, -0.15) is 0 Å². The van der Waals surface area contributed by atoms with Crippen molar-refractivity contribution in [1.82, 2.24) is 10.2 Å². The number of non-ortho nitro benzene ring substituents is 1. The van der Waals surface area contributed by atoms with Crippen LogP contribution in [0.25, 0.3) is 0 Å². The van der Waals surface area contributed by atoms with E-state index in [2.05, 4.69) is 5.32 Å². The monoisotopic (exact) mass is 847 g/mol. The van der Waals surface area contributed by atoms with E-state index < -0.39 is 115 Å². The smallest absolute Gasteiger partial charge is 0.303 e. The zero-order valence-electron chi connectivity index (χ0n) is 33.1. The van der Waals surface area contributed by atoms with Crippen molar-refractivity contribution < 1.29 is 76.3 Å². The molecule has 3 saturated heterocycles. The van der Waals surface area contributed by atoms with E-state index >= 15 is 0 Å². The van der Waals surface area contributed by atoms with Gasteiger partial charge in [0, 0.05) is 45.4 Å². The van der Waals surface area contributed by atoms with Crippen molar-refractivity contribution in [2.24, 2.45) is 0 Å². The summed E-state index contributed by atoms with van der Waals surface area (Å²) in [4.78, 5) is 90.7. The molecular weight excluding hydrogens is 806 g/mol. The number of hydrogen-bond acceptors (Lipinski definition) is 17. The number of imide groups is 1. The Balaban J connectivity index is 1.35. The van der Waals surface area contributed by atoms with Crippen molar-refractivity contribution in [2.45, 2.75) is 95.3 Å². The SMILES string of the molecule is CC(=O)N[C@H]1[C@@H](Oc2ccc([N+](=O)[O-])cc2)O[C@@H]2CO[C@H](c3ccccc3)O[C@@H]2[C@@H]1O[C@@H]1O[C@H](COC(C)=O)[C@@H](OC(C)=O)[C@H](OC(C)=O)[C@H]1N1C(=O)c2ccccc2C1=O. The molecule has 4 aliphatic rings. The number of benzene rings is 3. The molecule has 7 rings (SSSR count). The highest BCUT2D eigenvalue weighted by Crippen LogP contribution is 2.41. The van der Waals surface area contributed by atoms with Gasteiger partial charge < -0.3 is 47.9 Å². The highest BCUT2D eigenvalue weighted by atomic mass is 16.8. The van der Waals surface area contributed by atoms with Crippen LogP contribution in [0.3, 0.4) is 0 Å². The predicted molar refractivity (Wildman–Crippen MR) is 202 cm³/mol. The van der Waals surface area contributed by atoms with Gasteiger partial charge in [-0.15, -0.1) is 0 Å². The summed E-state index contributed by atoms with van der Waals surface area (Å²) >= 11 is 0. The van der Waals surface area contributed by atoms with Crippen molar-refractivity contribution in [3.8, 4) is 5.75 Å². The van der Waals surface area contributed by atoms with Crippen molar-refractivity contribution in [3.05, 3.63) is 106 Å². The van der Waals surface area contributed by atoms with Crippen molar-refractivity contribution in [3.63, 3.8) is 0 Å². The van der Waals surface area contributed by atoms with E-state index in [9.17, 15) is 38.9 Å². The molecule has 322 valence electrons. The molecule has 0 aliphatic carbocycles. The van der Waals surface area contributed by atoms with Crippen molar-refractivity contribution in [1.29, 1.82) is 0 Å². The quantitative estimate of drug-likeness (QED) is 0.0905. The molecule has 1 N–H and O–H groups in total. The van der Waals surface area contributed by atoms with Gasteiger partial charge in [-0.05, 0) is 24.3 Å². The molecule has 20 heteroatoms. The summed E-state index contributed by atoms with van der Waals surface area (Å²) in [5.74, 6) is -4.67. The lowest BCUT2D eigenvalue weighted by molar-refractivity contribution is -0.384. The summed E-state index contributed by atoms with van der Waals surface area (Å²) in [6.07, 6.45) is -12.5. The number of fused-ring (bicyclic) bond motifs is 2. The molecule has 0 spiro atoms. The first kappa shape index (κ1) is 42.8. The zero-order chi connectivity index (χ0) is 43.5. The van der Waals surface area contributed by atoms with Crippen molar-refractivity contribution >= 4 is 41.3 Å². The Morgan fingerprint density at radius 2 is 1.39 bits per heavy atom. The summed E-state index contributed by atoms with van der Waals surface area (Å²) in [7, 11) is 0. The highest BCUT2D eigenvalue weighted by molar-refractivity contribution is 6.21. The van der Waals surface area contributed by atoms with Crippen LogP contribution in [0.5, 0.6) is 5.75 Å². The van der Waals surface area contributed by atoms with Crippen LogP contribution in [-0.4, -0.2) is 120 Å². The number of nitro groups is 1. The van der Waals surface area contributed by atoms with E-state index in [0.29, 0.717) is 5.56 Å². The minimum Gasteiger partial charge on any atom is -0.463 e.